The van der Waals surface area contributed by atoms with E-state index in [1.54, 1.807) is 18.4 Å². The van der Waals surface area contributed by atoms with E-state index in [9.17, 15) is 5.11 Å². The second kappa shape index (κ2) is 7.96. The molecule has 0 aliphatic carbocycles. The standard InChI is InChI=1S/C20H20N2O4S/c1-24-16-4-2-3-13(7-16)17(23)10-21-9-15-11-27-20(22-15)14-5-6-18-19(8-14)26-12-25-18/h2-8,11,17,21,23H,9-10,12H2,1H3. The lowest BCUT2D eigenvalue weighted by atomic mass is 10.1. The lowest BCUT2D eigenvalue weighted by molar-refractivity contribution is 0.173. The third-order valence-electron chi connectivity index (χ3n) is 4.29. The molecule has 0 radical (unpaired) electrons. The van der Waals surface area contributed by atoms with E-state index in [-0.39, 0.29) is 6.79 Å². The second-order valence-electron chi connectivity index (χ2n) is 6.14. The molecule has 1 aromatic heterocycles. The molecule has 2 N–H and O–H groups in total. The predicted molar refractivity (Wildman–Crippen MR) is 103 cm³/mol. The number of rotatable bonds is 7. The summed E-state index contributed by atoms with van der Waals surface area (Å²) in [6, 6.07) is 13.3. The molecule has 2 aromatic carbocycles. The number of aliphatic hydroxyl groups is 1. The van der Waals surface area contributed by atoms with Crippen molar-refractivity contribution in [3.8, 4) is 27.8 Å². The number of methoxy groups -OCH3 is 1. The number of nitrogens with one attached hydrogen (secondary N) is 1. The summed E-state index contributed by atoms with van der Waals surface area (Å²) in [5, 5.41) is 16.5. The SMILES string of the molecule is COc1cccc(C(O)CNCc2csc(-c3ccc4c(c3)OCO4)n2)c1. The molecule has 7 heteroatoms. The number of nitrogens with zero attached hydrogens (tertiary/aromatic N) is 1. The van der Waals surface area contributed by atoms with E-state index >= 15 is 0 Å². The summed E-state index contributed by atoms with van der Waals surface area (Å²) in [7, 11) is 1.61. The van der Waals surface area contributed by atoms with Gasteiger partial charge < -0.3 is 24.6 Å². The van der Waals surface area contributed by atoms with Crippen LogP contribution in [0.15, 0.2) is 47.8 Å². The second-order valence-corrected chi connectivity index (χ2v) is 6.99. The van der Waals surface area contributed by atoms with Crippen LogP contribution in [0.2, 0.25) is 0 Å². The Hall–Kier alpha value is -2.61. The molecule has 0 amide bonds. The van der Waals surface area contributed by atoms with E-state index in [0.717, 1.165) is 39.1 Å². The molecule has 0 spiro atoms. The summed E-state index contributed by atoms with van der Waals surface area (Å²) < 4.78 is 16.0. The minimum Gasteiger partial charge on any atom is -0.497 e. The van der Waals surface area contributed by atoms with Gasteiger partial charge in [0.1, 0.15) is 10.8 Å². The highest BCUT2D eigenvalue weighted by Crippen LogP contribution is 2.36. The highest BCUT2D eigenvalue weighted by atomic mass is 32.1. The van der Waals surface area contributed by atoms with Crippen LogP contribution in [-0.4, -0.2) is 30.5 Å². The van der Waals surface area contributed by atoms with Crippen molar-refractivity contribution < 1.29 is 19.3 Å². The van der Waals surface area contributed by atoms with E-state index in [1.807, 2.05) is 47.8 Å². The maximum Gasteiger partial charge on any atom is 0.231 e. The van der Waals surface area contributed by atoms with Gasteiger partial charge in [0.2, 0.25) is 6.79 Å². The molecular weight excluding hydrogens is 364 g/mol. The molecule has 1 unspecified atom stereocenters. The van der Waals surface area contributed by atoms with Crippen molar-refractivity contribution in [1.29, 1.82) is 0 Å². The van der Waals surface area contributed by atoms with Gasteiger partial charge in [0.05, 0.1) is 18.9 Å². The van der Waals surface area contributed by atoms with Crippen molar-refractivity contribution in [2.24, 2.45) is 0 Å². The number of hydrogen-bond acceptors (Lipinski definition) is 7. The molecule has 1 aliphatic rings. The van der Waals surface area contributed by atoms with Crippen LogP contribution in [0.5, 0.6) is 17.2 Å². The summed E-state index contributed by atoms with van der Waals surface area (Å²) in [6.07, 6.45) is -0.605. The van der Waals surface area contributed by atoms with Gasteiger partial charge in [0.15, 0.2) is 11.5 Å². The van der Waals surface area contributed by atoms with E-state index in [4.69, 9.17) is 14.2 Å². The number of aromatic nitrogens is 1. The fraction of sp³-hybridized carbons (Fsp3) is 0.250. The monoisotopic (exact) mass is 384 g/mol. The Morgan fingerprint density at radius 3 is 3.00 bits per heavy atom. The Labute approximate surface area is 161 Å². The van der Waals surface area contributed by atoms with Crippen molar-refractivity contribution in [2.75, 3.05) is 20.4 Å². The first-order valence-electron chi connectivity index (χ1n) is 8.60. The third-order valence-corrected chi connectivity index (χ3v) is 5.23. The summed E-state index contributed by atoms with van der Waals surface area (Å²) in [5.74, 6) is 2.26. The Bertz CT molecular complexity index is 928. The summed E-state index contributed by atoms with van der Waals surface area (Å²) in [6.45, 7) is 1.29. The average molecular weight is 384 g/mol. The highest BCUT2D eigenvalue weighted by molar-refractivity contribution is 7.13. The van der Waals surface area contributed by atoms with Gasteiger partial charge in [0.25, 0.3) is 0 Å². The smallest absolute Gasteiger partial charge is 0.231 e. The van der Waals surface area contributed by atoms with Gasteiger partial charge in [0, 0.05) is 24.0 Å². The molecule has 2 heterocycles. The van der Waals surface area contributed by atoms with E-state index in [0.29, 0.717) is 13.1 Å². The van der Waals surface area contributed by atoms with Gasteiger partial charge in [-0.2, -0.15) is 0 Å². The Morgan fingerprint density at radius 1 is 1.22 bits per heavy atom. The van der Waals surface area contributed by atoms with Crippen molar-refractivity contribution in [2.45, 2.75) is 12.6 Å². The molecule has 1 aliphatic heterocycles. The van der Waals surface area contributed by atoms with Crippen LogP contribution in [-0.2, 0) is 6.54 Å². The first kappa shape index (κ1) is 17.8. The maximum atomic E-state index is 10.3. The third kappa shape index (κ3) is 4.05. The van der Waals surface area contributed by atoms with Gasteiger partial charge in [-0.3, -0.25) is 0 Å². The van der Waals surface area contributed by atoms with Crippen LogP contribution >= 0.6 is 11.3 Å². The first-order valence-corrected chi connectivity index (χ1v) is 9.48. The van der Waals surface area contributed by atoms with E-state index in [1.165, 1.54) is 0 Å². The number of ether oxygens (including phenoxy) is 3. The Kier molecular flexibility index (Phi) is 5.24. The molecule has 0 fully saturated rings. The fourth-order valence-corrected chi connectivity index (χ4v) is 3.67. The summed E-state index contributed by atoms with van der Waals surface area (Å²) in [4.78, 5) is 4.66. The van der Waals surface area contributed by atoms with E-state index in [2.05, 4.69) is 10.3 Å². The fourth-order valence-electron chi connectivity index (χ4n) is 2.85. The molecule has 0 saturated heterocycles. The number of benzene rings is 2. The number of fused-ring (bicyclic) bond motifs is 1. The van der Waals surface area contributed by atoms with Crippen LogP contribution in [0.1, 0.15) is 17.4 Å². The zero-order valence-corrected chi connectivity index (χ0v) is 15.7. The molecule has 0 bridgehead atoms. The van der Waals surface area contributed by atoms with Crippen molar-refractivity contribution >= 4 is 11.3 Å². The van der Waals surface area contributed by atoms with Crippen LogP contribution in [0, 0.1) is 0 Å². The molecule has 1 atom stereocenters. The van der Waals surface area contributed by atoms with Gasteiger partial charge in [-0.25, -0.2) is 4.98 Å². The molecule has 3 aromatic rings. The van der Waals surface area contributed by atoms with Crippen LogP contribution in [0.25, 0.3) is 10.6 Å². The largest absolute Gasteiger partial charge is 0.497 e. The van der Waals surface area contributed by atoms with Crippen LogP contribution in [0.3, 0.4) is 0 Å². The quantitative estimate of drug-likeness (QED) is 0.651. The number of hydrogen-bond donors (Lipinski definition) is 2. The molecule has 6 nitrogen and oxygen atoms in total. The summed E-state index contributed by atoms with van der Waals surface area (Å²) >= 11 is 1.58. The Morgan fingerprint density at radius 2 is 2.11 bits per heavy atom. The minimum atomic E-state index is -0.605. The van der Waals surface area contributed by atoms with Crippen LogP contribution < -0.4 is 19.5 Å². The average Bonchev–Trinajstić information content (AvgIpc) is 3.36. The minimum absolute atomic E-state index is 0.265. The first-order chi connectivity index (χ1) is 13.2. The molecule has 4 rings (SSSR count). The number of aliphatic hydroxyl groups excluding tert-OH is 1. The lowest BCUT2D eigenvalue weighted by Gasteiger charge is -2.12. The predicted octanol–water partition coefficient (Wildman–Crippen LogP) is 3.37. The molecule has 27 heavy (non-hydrogen) atoms. The van der Waals surface area contributed by atoms with E-state index < -0.39 is 6.10 Å². The van der Waals surface area contributed by atoms with Gasteiger partial charge in [-0.1, -0.05) is 12.1 Å². The van der Waals surface area contributed by atoms with Gasteiger partial charge in [-0.15, -0.1) is 11.3 Å². The van der Waals surface area contributed by atoms with Gasteiger partial charge in [-0.05, 0) is 35.9 Å². The lowest BCUT2D eigenvalue weighted by Crippen LogP contribution is -2.21. The maximum absolute atomic E-state index is 10.3. The highest BCUT2D eigenvalue weighted by Gasteiger charge is 2.15. The molecular formula is C20H20N2O4S. The van der Waals surface area contributed by atoms with Gasteiger partial charge >= 0.3 is 0 Å². The van der Waals surface area contributed by atoms with Crippen molar-refractivity contribution in [3.05, 3.63) is 59.1 Å². The zero-order valence-electron chi connectivity index (χ0n) is 14.8. The topological polar surface area (TPSA) is 72.8 Å². The molecule has 140 valence electrons. The summed E-state index contributed by atoms with van der Waals surface area (Å²) in [5.41, 5.74) is 2.76. The number of thiazole rings is 1. The van der Waals surface area contributed by atoms with Crippen molar-refractivity contribution in [1.82, 2.24) is 10.3 Å². The molecule has 0 saturated carbocycles. The Balaban J connectivity index is 1.34. The van der Waals surface area contributed by atoms with Crippen LogP contribution in [0.4, 0.5) is 0 Å². The zero-order chi connectivity index (χ0) is 18.6. The normalized spacial score (nSPS) is 13.6. The van der Waals surface area contributed by atoms with Crippen molar-refractivity contribution in [3.63, 3.8) is 0 Å².